The van der Waals surface area contributed by atoms with Gasteiger partial charge in [0.15, 0.2) is 0 Å². The van der Waals surface area contributed by atoms with Crippen molar-refractivity contribution in [1.29, 1.82) is 0 Å². The highest BCUT2D eigenvalue weighted by atomic mass is 16.5. The molecule has 0 aromatic heterocycles. The van der Waals surface area contributed by atoms with E-state index in [9.17, 15) is 4.79 Å². The molecule has 2 N–H and O–H groups in total. The average molecular weight is 360 g/mol. The van der Waals surface area contributed by atoms with Crippen LogP contribution in [0.15, 0.2) is 78.9 Å². The summed E-state index contributed by atoms with van der Waals surface area (Å²) < 4.78 is 5.38. The Kier molecular flexibility index (Phi) is 6.23. The van der Waals surface area contributed by atoms with Crippen molar-refractivity contribution in [2.45, 2.75) is 19.5 Å². The van der Waals surface area contributed by atoms with E-state index < -0.39 is 6.04 Å². The van der Waals surface area contributed by atoms with Crippen LogP contribution in [-0.2, 0) is 11.3 Å². The molecule has 27 heavy (non-hydrogen) atoms. The van der Waals surface area contributed by atoms with E-state index in [1.807, 2.05) is 85.8 Å². The number of nitrogens with one attached hydrogen (secondary N) is 2. The van der Waals surface area contributed by atoms with Gasteiger partial charge in [-0.3, -0.25) is 10.1 Å². The highest BCUT2D eigenvalue weighted by Gasteiger charge is 2.21. The van der Waals surface area contributed by atoms with Crippen LogP contribution in [0, 0.1) is 6.92 Å². The first kappa shape index (κ1) is 18.7. The van der Waals surface area contributed by atoms with Crippen LogP contribution in [-0.4, -0.2) is 13.0 Å². The topological polar surface area (TPSA) is 50.4 Å². The maximum atomic E-state index is 13.1. The molecule has 0 radical (unpaired) electrons. The summed E-state index contributed by atoms with van der Waals surface area (Å²) in [6.45, 7) is 2.58. The number of benzene rings is 3. The SMILES string of the molecule is COc1ccc(C)cc1NC(=O)C(NCc1ccccc1)c1ccccc1. The van der Waals surface area contributed by atoms with Crippen molar-refractivity contribution in [1.82, 2.24) is 5.32 Å². The van der Waals surface area contributed by atoms with Gasteiger partial charge in [0.1, 0.15) is 11.8 Å². The maximum absolute atomic E-state index is 13.1. The van der Waals surface area contributed by atoms with Crippen molar-refractivity contribution < 1.29 is 9.53 Å². The van der Waals surface area contributed by atoms with Crippen LogP contribution in [0.4, 0.5) is 5.69 Å². The van der Waals surface area contributed by atoms with E-state index in [0.717, 1.165) is 16.7 Å². The van der Waals surface area contributed by atoms with Crippen molar-refractivity contribution >= 4 is 11.6 Å². The van der Waals surface area contributed by atoms with Crippen molar-refractivity contribution in [3.63, 3.8) is 0 Å². The number of carbonyl (C=O) groups is 1. The minimum atomic E-state index is -0.475. The van der Waals surface area contributed by atoms with Gasteiger partial charge < -0.3 is 10.1 Å². The molecular weight excluding hydrogens is 336 g/mol. The average Bonchev–Trinajstić information content (AvgIpc) is 2.70. The minimum absolute atomic E-state index is 0.124. The lowest BCUT2D eigenvalue weighted by atomic mass is 10.1. The number of carbonyl (C=O) groups excluding carboxylic acids is 1. The molecule has 0 fully saturated rings. The summed E-state index contributed by atoms with van der Waals surface area (Å²) in [6.07, 6.45) is 0. The quantitative estimate of drug-likeness (QED) is 0.653. The smallest absolute Gasteiger partial charge is 0.246 e. The summed E-state index contributed by atoms with van der Waals surface area (Å²) in [7, 11) is 1.60. The zero-order valence-corrected chi connectivity index (χ0v) is 15.6. The van der Waals surface area contributed by atoms with Gasteiger partial charge in [0.05, 0.1) is 12.8 Å². The van der Waals surface area contributed by atoms with Gasteiger partial charge in [-0.25, -0.2) is 0 Å². The molecule has 3 aromatic carbocycles. The van der Waals surface area contributed by atoms with Crippen LogP contribution < -0.4 is 15.4 Å². The van der Waals surface area contributed by atoms with E-state index in [0.29, 0.717) is 18.0 Å². The third-order valence-corrected chi connectivity index (χ3v) is 4.36. The molecule has 3 rings (SSSR count). The second-order valence-corrected chi connectivity index (χ2v) is 6.40. The van der Waals surface area contributed by atoms with Gasteiger partial charge in [-0.2, -0.15) is 0 Å². The molecule has 4 heteroatoms. The second kappa shape index (κ2) is 9.01. The fourth-order valence-electron chi connectivity index (χ4n) is 2.95. The number of methoxy groups -OCH3 is 1. The molecule has 0 heterocycles. The first-order valence-electron chi connectivity index (χ1n) is 8.95. The highest BCUT2D eigenvalue weighted by Crippen LogP contribution is 2.26. The first-order valence-corrected chi connectivity index (χ1v) is 8.95. The summed E-state index contributed by atoms with van der Waals surface area (Å²) in [4.78, 5) is 13.1. The van der Waals surface area contributed by atoms with Gasteiger partial charge in [0, 0.05) is 6.54 Å². The van der Waals surface area contributed by atoms with E-state index in [1.165, 1.54) is 0 Å². The molecule has 0 bridgehead atoms. The van der Waals surface area contributed by atoms with E-state index in [4.69, 9.17) is 4.74 Å². The number of hydrogen-bond donors (Lipinski definition) is 2. The molecule has 0 spiro atoms. The van der Waals surface area contributed by atoms with Crippen LogP contribution >= 0.6 is 0 Å². The Bertz CT molecular complexity index is 879. The third-order valence-electron chi connectivity index (χ3n) is 4.36. The predicted molar refractivity (Wildman–Crippen MR) is 109 cm³/mol. The molecule has 0 saturated carbocycles. The molecular formula is C23H24N2O2. The molecule has 1 amide bonds. The number of hydrogen-bond acceptors (Lipinski definition) is 3. The summed E-state index contributed by atoms with van der Waals surface area (Å²) >= 11 is 0. The summed E-state index contributed by atoms with van der Waals surface area (Å²) in [5.74, 6) is 0.518. The monoisotopic (exact) mass is 360 g/mol. The molecule has 1 atom stereocenters. The number of anilines is 1. The van der Waals surface area contributed by atoms with Crippen LogP contribution in [0.25, 0.3) is 0 Å². The Morgan fingerprint density at radius 2 is 1.63 bits per heavy atom. The van der Waals surface area contributed by atoms with Gasteiger partial charge in [0.2, 0.25) is 5.91 Å². The van der Waals surface area contributed by atoms with E-state index in [2.05, 4.69) is 10.6 Å². The van der Waals surface area contributed by atoms with E-state index in [1.54, 1.807) is 7.11 Å². The second-order valence-electron chi connectivity index (χ2n) is 6.40. The molecule has 4 nitrogen and oxygen atoms in total. The zero-order valence-electron chi connectivity index (χ0n) is 15.6. The Labute approximate surface area is 160 Å². The Hall–Kier alpha value is -3.11. The van der Waals surface area contributed by atoms with Crippen molar-refractivity contribution in [2.75, 3.05) is 12.4 Å². The zero-order chi connectivity index (χ0) is 19.1. The standard InChI is InChI=1S/C23H24N2O2/c1-17-13-14-21(27-2)20(15-17)25-23(26)22(19-11-7-4-8-12-19)24-16-18-9-5-3-6-10-18/h3-15,22,24H,16H2,1-2H3,(H,25,26). The Morgan fingerprint density at radius 1 is 0.963 bits per heavy atom. The van der Waals surface area contributed by atoms with Crippen LogP contribution in [0.1, 0.15) is 22.7 Å². The van der Waals surface area contributed by atoms with Crippen LogP contribution in [0.2, 0.25) is 0 Å². The summed E-state index contributed by atoms with van der Waals surface area (Å²) in [5.41, 5.74) is 3.77. The maximum Gasteiger partial charge on any atom is 0.246 e. The van der Waals surface area contributed by atoms with Gasteiger partial charge in [-0.15, -0.1) is 0 Å². The number of aryl methyl sites for hydroxylation is 1. The molecule has 0 saturated heterocycles. The van der Waals surface area contributed by atoms with E-state index >= 15 is 0 Å². The van der Waals surface area contributed by atoms with Crippen molar-refractivity contribution in [3.05, 3.63) is 95.6 Å². The van der Waals surface area contributed by atoms with E-state index in [-0.39, 0.29) is 5.91 Å². The van der Waals surface area contributed by atoms with Crippen LogP contribution in [0.3, 0.4) is 0 Å². The predicted octanol–water partition coefficient (Wildman–Crippen LogP) is 4.47. The lowest BCUT2D eigenvalue weighted by Gasteiger charge is -2.20. The fourth-order valence-corrected chi connectivity index (χ4v) is 2.95. The first-order chi connectivity index (χ1) is 13.2. The third kappa shape index (κ3) is 4.96. The molecule has 1 unspecified atom stereocenters. The Balaban J connectivity index is 1.82. The lowest BCUT2D eigenvalue weighted by molar-refractivity contribution is -0.118. The minimum Gasteiger partial charge on any atom is -0.495 e. The van der Waals surface area contributed by atoms with Gasteiger partial charge in [0.25, 0.3) is 0 Å². The lowest BCUT2D eigenvalue weighted by Crippen LogP contribution is -2.32. The number of ether oxygens (including phenoxy) is 1. The molecule has 3 aromatic rings. The Morgan fingerprint density at radius 3 is 2.30 bits per heavy atom. The largest absolute Gasteiger partial charge is 0.495 e. The molecule has 138 valence electrons. The molecule has 0 aliphatic carbocycles. The fraction of sp³-hybridized carbons (Fsp3) is 0.174. The van der Waals surface area contributed by atoms with Gasteiger partial charge >= 0.3 is 0 Å². The molecule has 0 aliphatic rings. The summed E-state index contributed by atoms with van der Waals surface area (Å²) in [6, 6.07) is 25.0. The number of rotatable bonds is 7. The van der Waals surface area contributed by atoms with Crippen molar-refractivity contribution in [3.8, 4) is 5.75 Å². The van der Waals surface area contributed by atoms with Crippen molar-refractivity contribution in [2.24, 2.45) is 0 Å². The van der Waals surface area contributed by atoms with Gasteiger partial charge in [-0.1, -0.05) is 66.7 Å². The normalized spacial score (nSPS) is 11.6. The highest BCUT2D eigenvalue weighted by molar-refractivity contribution is 5.96. The van der Waals surface area contributed by atoms with Crippen LogP contribution in [0.5, 0.6) is 5.75 Å². The molecule has 0 aliphatic heterocycles. The summed E-state index contributed by atoms with van der Waals surface area (Å²) in [5, 5.41) is 6.38. The van der Waals surface area contributed by atoms with Gasteiger partial charge in [-0.05, 0) is 35.7 Å². The number of amides is 1.